The van der Waals surface area contributed by atoms with E-state index in [2.05, 4.69) is 27.9 Å². The Morgan fingerprint density at radius 2 is 1.85 bits per heavy atom. The standard InChI is InChI=1S/C20H21N5O2/c1-4-12-7-15(18(27)9-17(12)26)19-22-23-20(21)25(19)13-5-6-16-14(8-13)11(2)10-24(16)3/h5-10,26-27H,4H2,1-3H3,(H2,21,23). The average Bonchev–Trinajstić information content (AvgIpc) is 3.15. The molecule has 0 fully saturated rings. The van der Waals surface area contributed by atoms with E-state index in [9.17, 15) is 10.2 Å². The van der Waals surface area contributed by atoms with Crippen molar-refractivity contribution in [3.63, 3.8) is 0 Å². The molecule has 7 nitrogen and oxygen atoms in total. The molecule has 0 bridgehead atoms. The lowest BCUT2D eigenvalue weighted by molar-refractivity contribution is 0.447. The molecule has 0 spiro atoms. The number of aromatic hydroxyl groups is 2. The first-order valence-corrected chi connectivity index (χ1v) is 8.73. The molecule has 0 radical (unpaired) electrons. The van der Waals surface area contributed by atoms with Crippen LogP contribution in [0.3, 0.4) is 0 Å². The monoisotopic (exact) mass is 363 g/mol. The zero-order valence-electron chi connectivity index (χ0n) is 15.4. The number of anilines is 1. The van der Waals surface area contributed by atoms with E-state index in [-0.39, 0.29) is 17.4 Å². The van der Waals surface area contributed by atoms with Crippen molar-refractivity contribution in [3.8, 4) is 28.6 Å². The summed E-state index contributed by atoms with van der Waals surface area (Å²) in [5.41, 5.74) is 10.4. The number of phenols is 2. The Balaban J connectivity index is 1.95. The number of fused-ring (bicyclic) bond motifs is 1. The molecule has 27 heavy (non-hydrogen) atoms. The van der Waals surface area contributed by atoms with Crippen LogP contribution in [-0.4, -0.2) is 29.5 Å². The van der Waals surface area contributed by atoms with Gasteiger partial charge in [0.05, 0.1) is 11.3 Å². The third-order valence-corrected chi connectivity index (χ3v) is 4.94. The number of hydrogen-bond acceptors (Lipinski definition) is 5. The van der Waals surface area contributed by atoms with E-state index in [0.29, 0.717) is 23.4 Å². The van der Waals surface area contributed by atoms with E-state index < -0.39 is 0 Å². The molecule has 4 N–H and O–H groups in total. The second-order valence-electron chi connectivity index (χ2n) is 6.69. The molecule has 0 aliphatic rings. The Bertz CT molecular complexity index is 1170. The summed E-state index contributed by atoms with van der Waals surface area (Å²) in [7, 11) is 2.01. The summed E-state index contributed by atoms with van der Waals surface area (Å²) >= 11 is 0. The lowest BCUT2D eigenvalue weighted by Gasteiger charge is -2.12. The predicted octanol–water partition coefficient (Wildman–Crippen LogP) is 3.29. The van der Waals surface area contributed by atoms with Gasteiger partial charge in [-0.15, -0.1) is 10.2 Å². The summed E-state index contributed by atoms with van der Waals surface area (Å²) < 4.78 is 3.78. The third kappa shape index (κ3) is 2.59. The van der Waals surface area contributed by atoms with E-state index in [0.717, 1.165) is 22.2 Å². The Morgan fingerprint density at radius 1 is 1.07 bits per heavy atom. The lowest BCUT2D eigenvalue weighted by atomic mass is 10.1. The van der Waals surface area contributed by atoms with Crippen LogP contribution in [0.15, 0.2) is 36.5 Å². The van der Waals surface area contributed by atoms with Gasteiger partial charge in [0.25, 0.3) is 0 Å². The van der Waals surface area contributed by atoms with Gasteiger partial charge < -0.3 is 20.5 Å². The van der Waals surface area contributed by atoms with Crippen LogP contribution < -0.4 is 5.73 Å². The molecule has 2 aromatic carbocycles. The second-order valence-corrected chi connectivity index (χ2v) is 6.69. The summed E-state index contributed by atoms with van der Waals surface area (Å²) in [6, 6.07) is 9.05. The highest BCUT2D eigenvalue weighted by molar-refractivity contribution is 5.86. The van der Waals surface area contributed by atoms with Crippen molar-refractivity contribution in [2.75, 3.05) is 5.73 Å². The van der Waals surface area contributed by atoms with Crippen LogP contribution >= 0.6 is 0 Å². The van der Waals surface area contributed by atoms with E-state index in [1.807, 2.05) is 32.2 Å². The first kappa shape index (κ1) is 17.0. The molecular weight excluding hydrogens is 342 g/mol. The van der Waals surface area contributed by atoms with Gasteiger partial charge in [0, 0.05) is 30.2 Å². The van der Waals surface area contributed by atoms with Crippen LogP contribution in [0.25, 0.3) is 28.0 Å². The van der Waals surface area contributed by atoms with Crippen LogP contribution in [0.1, 0.15) is 18.1 Å². The molecule has 2 heterocycles. The van der Waals surface area contributed by atoms with Gasteiger partial charge in [-0.2, -0.15) is 0 Å². The molecule has 0 unspecified atom stereocenters. The van der Waals surface area contributed by atoms with E-state index in [1.54, 1.807) is 10.6 Å². The first-order chi connectivity index (χ1) is 12.9. The second kappa shape index (κ2) is 6.05. The number of nitrogens with zero attached hydrogens (tertiary/aromatic N) is 4. The topological polar surface area (TPSA) is 102 Å². The highest BCUT2D eigenvalue weighted by Crippen LogP contribution is 2.36. The number of aryl methyl sites for hydroxylation is 3. The lowest BCUT2D eigenvalue weighted by Crippen LogP contribution is -2.03. The van der Waals surface area contributed by atoms with Crippen LogP contribution in [0.2, 0.25) is 0 Å². The van der Waals surface area contributed by atoms with Crippen molar-refractivity contribution in [2.24, 2.45) is 7.05 Å². The number of aromatic nitrogens is 4. The summed E-state index contributed by atoms with van der Waals surface area (Å²) in [6.45, 7) is 3.99. The van der Waals surface area contributed by atoms with E-state index in [1.165, 1.54) is 6.07 Å². The van der Waals surface area contributed by atoms with Gasteiger partial charge >= 0.3 is 0 Å². The molecule has 2 aromatic heterocycles. The first-order valence-electron chi connectivity index (χ1n) is 8.73. The van der Waals surface area contributed by atoms with Crippen LogP contribution in [0.5, 0.6) is 11.5 Å². The number of rotatable bonds is 3. The maximum Gasteiger partial charge on any atom is 0.226 e. The Morgan fingerprint density at radius 3 is 2.59 bits per heavy atom. The minimum Gasteiger partial charge on any atom is -0.508 e. The van der Waals surface area contributed by atoms with Gasteiger partial charge in [-0.05, 0) is 48.7 Å². The average molecular weight is 363 g/mol. The number of nitrogen functional groups attached to an aromatic ring is 1. The van der Waals surface area contributed by atoms with Crippen molar-refractivity contribution in [1.29, 1.82) is 0 Å². The fourth-order valence-electron chi connectivity index (χ4n) is 3.53. The summed E-state index contributed by atoms with van der Waals surface area (Å²) in [5, 5.41) is 29.6. The number of nitrogens with two attached hydrogens (primary N) is 1. The number of phenolic OH excluding ortho intramolecular Hbond substituents is 2. The number of benzene rings is 2. The molecule has 0 amide bonds. The molecule has 0 aliphatic heterocycles. The summed E-state index contributed by atoms with van der Waals surface area (Å²) in [4.78, 5) is 0. The maximum atomic E-state index is 10.4. The molecule has 0 saturated carbocycles. The zero-order chi connectivity index (χ0) is 19.3. The van der Waals surface area contributed by atoms with Gasteiger partial charge in [-0.1, -0.05) is 6.92 Å². The van der Waals surface area contributed by atoms with Crippen molar-refractivity contribution >= 4 is 16.9 Å². The molecule has 4 aromatic rings. The molecule has 0 aliphatic carbocycles. The highest BCUT2D eigenvalue weighted by atomic mass is 16.3. The van der Waals surface area contributed by atoms with E-state index in [4.69, 9.17) is 5.73 Å². The minimum absolute atomic E-state index is 0.0547. The predicted molar refractivity (Wildman–Crippen MR) is 105 cm³/mol. The fourth-order valence-corrected chi connectivity index (χ4v) is 3.53. The molecular formula is C20H21N5O2. The van der Waals surface area contributed by atoms with Gasteiger partial charge in [-0.25, -0.2) is 0 Å². The fraction of sp³-hybridized carbons (Fsp3) is 0.200. The molecule has 0 atom stereocenters. The highest BCUT2D eigenvalue weighted by Gasteiger charge is 2.19. The van der Waals surface area contributed by atoms with Gasteiger partial charge in [-0.3, -0.25) is 4.57 Å². The molecule has 0 saturated heterocycles. The molecule has 4 rings (SSSR count). The summed E-state index contributed by atoms with van der Waals surface area (Å²) in [5.74, 6) is 0.630. The Labute approximate surface area is 156 Å². The largest absolute Gasteiger partial charge is 0.508 e. The molecule has 7 heteroatoms. The van der Waals surface area contributed by atoms with Gasteiger partial charge in [0.15, 0.2) is 5.82 Å². The number of hydrogen-bond donors (Lipinski definition) is 3. The van der Waals surface area contributed by atoms with Crippen LogP contribution in [0.4, 0.5) is 5.95 Å². The van der Waals surface area contributed by atoms with Crippen molar-refractivity contribution in [3.05, 3.63) is 47.7 Å². The Hall–Kier alpha value is -3.48. The van der Waals surface area contributed by atoms with Crippen molar-refractivity contribution in [1.82, 2.24) is 19.3 Å². The SMILES string of the molecule is CCc1cc(-c2nnc(N)n2-c2ccc3c(c2)c(C)cn3C)c(O)cc1O. The third-order valence-electron chi connectivity index (χ3n) is 4.94. The van der Waals surface area contributed by atoms with Crippen molar-refractivity contribution in [2.45, 2.75) is 20.3 Å². The van der Waals surface area contributed by atoms with Crippen LogP contribution in [0, 0.1) is 6.92 Å². The minimum atomic E-state index is -0.0738. The van der Waals surface area contributed by atoms with Gasteiger partial charge in [0.1, 0.15) is 11.5 Å². The Kier molecular flexibility index (Phi) is 3.80. The quantitative estimate of drug-likeness (QED) is 0.518. The van der Waals surface area contributed by atoms with Crippen molar-refractivity contribution < 1.29 is 10.2 Å². The molecule has 138 valence electrons. The smallest absolute Gasteiger partial charge is 0.226 e. The van der Waals surface area contributed by atoms with Crippen LogP contribution in [-0.2, 0) is 13.5 Å². The zero-order valence-corrected chi connectivity index (χ0v) is 15.4. The van der Waals surface area contributed by atoms with Gasteiger partial charge in [0.2, 0.25) is 5.95 Å². The normalized spacial score (nSPS) is 11.4. The maximum absolute atomic E-state index is 10.4. The summed E-state index contributed by atoms with van der Waals surface area (Å²) in [6.07, 6.45) is 2.70. The van der Waals surface area contributed by atoms with E-state index >= 15 is 0 Å².